The molecule has 3 heteroatoms. The zero-order valence-electron chi connectivity index (χ0n) is 7.29. The highest BCUT2D eigenvalue weighted by atomic mass is 16.1. The van der Waals surface area contributed by atoms with E-state index in [0.717, 1.165) is 11.1 Å². The summed E-state index contributed by atoms with van der Waals surface area (Å²) in [5, 5.41) is 0. The maximum atomic E-state index is 10.8. The standard InChI is InChI=1S/C10H12N2O/c1-7(10(12)13)9-5-3-2-4-8(9)6-11/h2-5H,1,6,11H2,(H2,12,13). The summed E-state index contributed by atoms with van der Waals surface area (Å²) in [7, 11) is 0. The smallest absolute Gasteiger partial charge is 0.248 e. The summed E-state index contributed by atoms with van der Waals surface area (Å²) in [4.78, 5) is 10.8. The molecule has 13 heavy (non-hydrogen) atoms. The van der Waals surface area contributed by atoms with E-state index in [2.05, 4.69) is 6.58 Å². The average molecular weight is 176 g/mol. The predicted octanol–water partition coefficient (Wildman–Crippen LogP) is 0.644. The first-order valence-electron chi connectivity index (χ1n) is 3.94. The van der Waals surface area contributed by atoms with Gasteiger partial charge in [-0.1, -0.05) is 30.8 Å². The van der Waals surface area contributed by atoms with Crippen LogP contribution < -0.4 is 11.5 Å². The number of carbonyl (C=O) groups is 1. The summed E-state index contributed by atoms with van der Waals surface area (Å²) < 4.78 is 0. The van der Waals surface area contributed by atoms with Crippen LogP contribution in [0.3, 0.4) is 0 Å². The van der Waals surface area contributed by atoms with Gasteiger partial charge in [0.05, 0.1) is 0 Å². The Morgan fingerprint density at radius 2 is 2.00 bits per heavy atom. The van der Waals surface area contributed by atoms with Gasteiger partial charge in [0.1, 0.15) is 0 Å². The van der Waals surface area contributed by atoms with Gasteiger partial charge in [0.2, 0.25) is 5.91 Å². The van der Waals surface area contributed by atoms with Crippen LogP contribution in [0.5, 0.6) is 0 Å². The summed E-state index contributed by atoms with van der Waals surface area (Å²) in [6.45, 7) is 3.98. The molecular weight excluding hydrogens is 164 g/mol. The fourth-order valence-electron chi connectivity index (χ4n) is 1.13. The average Bonchev–Trinajstić information content (AvgIpc) is 2.16. The highest BCUT2D eigenvalue weighted by Gasteiger charge is 2.07. The van der Waals surface area contributed by atoms with Crippen LogP contribution in [0.25, 0.3) is 5.57 Å². The van der Waals surface area contributed by atoms with E-state index in [1.165, 1.54) is 0 Å². The third-order valence-electron chi connectivity index (χ3n) is 1.86. The number of carbonyl (C=O) groups excluding carboxylic acids is 1. The van der Waals surface area contributed by atoms with Gasteiger partial charge in [-0.25, -0.2) is 0 Å². The lowest BCUT2D eigenvalue weighted by atomic mass is 10.0. The first kappa shape index (κ1) is 9.48. The van der Waals surface area contributed by atoms with Crippen molar-refractivity contribution in [1.29, 1.82) is 0 Å². The Morgan fingerprint density at radius 1 is 1.38 bits per heavy atom. The molecule has 0 aliphatic heterocycles. The highest BCUT2D eigenvalue weighted by Crippen LogP contribution is 2.16. The van der Waals surface area contributed by atoms with Crippen LogP contribution in [0.2, 0.25) is 0 Å². The van der Waals surface area contributed by atoms with Crippen molar-refractivity contribution < 1.29 is 4.79 Å². The molecule has 1 aromatic carbocycles. The summed E-state index contributed by atoms with van der Waals surface area (Å²) in [5.41, 5.74) is 12.5. The second-order valence-corrected chi connectivity index (χ2v) is 2.70. The topological polar surface area (TPSA) is 69.1 Å². The second kappa shape index (κ2) is 3.87. The second-order valence-electron chi connectivity index (χ2n) is 2.70. The van der Waals surface area contributed by atoms with Gasteiger partial charge in [-0.2, -0.15) is 0 Å². The number of rotatable bonds is 3. The van der Waals surface area contributed by atoms with E-state index in [4.69, 9.17) is 11.5 Å². The Hall–Kier alpha value is -1.61. The van der Waals surface area contributed by atoms with Crippen LogP contribution in [0.15, 0.2) is 30.8 Å². The lowest BCUT2D eigenvalue weighted by Gasteiger charge is -2.06. The Kier molecular flexibility index (Phi) is 2.82. The Bertz CT molecular complexity index is 345. The SMILES string of the molecule is C=C(C(N)=O)c1ccccc1CN. The molecule has 0 aromatic heterocycles. The first-order chi connectivity index (χ1) is 6.16. The molecule has 0 spiro atoms. The van der Waals surface area contributed by atoms with Crippen LogP contribution in [-0.2, 0) is 11.3 Å². The molecule has 3 nitrogen and oxygen atoms in total. The van der Waals surface area contributed by atoms with Crippen molar-refractivity contribution >= 4 is 11.5 Å². The van der Waals surface area contributed by atoms with Crippen molar-refractivity contribution in [1.82, 2.24) is 0 Å². The first-order valence-corrected chi connectivity index (χ1v) is 3.94. The van der Waals surface area contributed by atoms with Crippen molar-refractivity contribution in [3.8, 4) is 0 Å². The van der Waals surface area contributed by atoms with E-state index in [1.54, 1.807) is 6.07 Å². The van der Waals surface area contributed by atoms with Gasteiger partial charge in [-0.15, -0.1) is 0 Å². The van der Waals surface area contributed by atoms with Crippen LogP contribution >= 0.6 is 0 Å². The largest absolute Gasteiger partial charge is 0.366 e. The van der Waals surface area contributed by atoms with Gasteiger partial charge in [-0.05, 0) is 11.1 Å². The van der Waals surface area contributed by atoms with Gasteiger partial charge in [0, 0.05) is 12.1 Å². The van der Waals surface area contributed by atoms with Crippen LogP contribution in [0.4, 0.5) is 0 Å². The molecule has 0 unspecified atom stereocenters. The minimum atomic E-state index is -0.513. The monoisotopic (exact) mass is 176 g/mol. The number of benzene rings is 1. The van der Waals surface area contributed by atoms with Crippen LogP contribution in [-0.4, -0.2) is 5.91 Å². The van der Waals surface area contributed by atoms with Gasteiger partial charge < -0.3 is 11.5 Å². The third-order valence-corrected chi connectivity index (χ3v) is 1.86. The molecule has 0 radical (unpaired) electrons. The Balaban J connectivity index is 3.13. The molecule has 0 bridgehead atoms. The van der Waals surface area contributed by atoms with Crippen molar-refractivity contribution in [2.75, 3.05) is 0 Å². The maximum absolute atomic E-state index is 10.8. The van der Waals surface area contributed by atoms with E-state index in [-0.39, 0.29) is 0 Å². The molecule has 1 aromatic rings. The Labute approximate surface area is 77.0 Å². The number of nitrogens with two attached hydrogens (primary N) is 2. The molecule has 0 saturated heterocycles. The molecule has 0 fully saturated rings. The Morgan fingerprint density at radius 3 is 2.54 bits per heavy atom. The van der Waals surface area contributed by atoms with Crippen LogP contribution in [0.1, 0.15) is 11.1 Å². The van der Waals surface area contributed by atoms with Gasteiger partial charge >= 0.3 is 0 Å². The van der Waals surface area contributed by atoms with Crippen molar-refractivity contribution in [3.63, 3.8) is 0 Å². The van der Waals surface area contributed by atoms with Gasteiger partial charge in [0.15, 0.2) is 0 Å². The van der Waals surface area contributed by atoms with E-state index in [1.807, 2.05) is 18.2 Å². The summed E-state index contributed by atoms with van der Waals surface area (Å²) in [6.07, 6.45) is 0. The summed E-state index contributed by atoms with van der Waals surface area (Å²) in [6, 6.07) is 7.32. The minimum Gasteiger partial charge on any atom is -0.366 e. The van der Waals surface area contributed by atoms with Crippen LogP contribution in [0, 0.1) is 0 Å². The lowest BCUT2D eigenvalue weighted by molar-refractivity contribution is -0.112. The van der Waals surface area contributed by atoms with Gasteiger partial charge in [-0.3, -0.25) is 4.79 Å². The van der Waals surface area contributed by atoms with E-state index >= 15 is 0 Å². The molecule has 0 atom stereocenters. The molecule has 0 saturated carbocycles. The quantitative estimate of drug-likeness (QED) is 0.664. The zero-order valence-corrected chi connectivity index (χ0v) is 7.29. The number of primary amides is 1. The van der Waals surface area contributed by atoms with Crippen molar-refractivity contribution in [3.05, 3.63) is 42.0 Å². The molecule has 1 amide bonds. The number of hydrogen-bond donors (Lipinski definition) is 2. The summed E-state index contributed by atoms with van der Waals surface area (Å²) >= 11 is 0. The number of hydrogen-bond acceptors (Lipinski definition) is 2. The molecule has 1 rings (SSSR count). The number of amides is 1. The highest BCUT2D eigenvalue weighted by molar-refractivity contribution is 6.18. The third kappa shape index (κ3) is 1.95. The minimum absolute atomic E-state index is 0.307. The maximum Gasteiger partial charge on any atom is 0.248 e. The molecule has 0 heterocycles. The fourth-order valence-corrected chi connectivity index (χ4v) is 1.13. The van der Waals surface area contributed by atoms with Crippen molar-refractivity contribution in [2.45, 2.75) is 6.54 Å². The zero-order chi connectivity index (χ0) is 9.84. The van der Waals surface area contributed by atoms with E-state index < -0.39 is 5.91 Å². The van der Waals surface area contributed by atoms with Crippen molar-refractivity contribution in [2.24, 2.45) is 11.5 Å². The predicted molar refractivity (Wildman–Crippen MR) is 52.6 cm³/mol. The molecule has 0 aliphatic carbocycles. The molecular formula is C10H12N2O. The summed E-state index contributed by atoms with van der Waals surface area (Å²) in [5.74, 6) is -0.513. The van der Waals surface area contributed by atoms with E-state index in [9.17, 15) is 4.79 Å². The molecule has 0 aliphatic rings. The lowest BCUT2D eigenvalue weighted by Crippen LogP contribution is -2.14. The molecule has 4 N–H and O–H groups in total. The van der Waals surface area contributed by atoms with Gasteiger partial charge in [0.25, 0.3) is 0 Å². The van der Waals surface area contributed by atoms with E-state index in [0.29, 0.717) is 12.1 Å². The molecule has 68 valence electrons. The fraction of sp³-hybridized carbons (Fsp3) is 0.100. The normalized spacial score (nSPS) is 9.62.